The minimum absolute atomic E-state index is 0.288. The van der Waals surface area contributed by atoms with Crippen LogP contribution in [0.3, 0.4) is 0 Å². The molecule has 0 spiro atoms. The van der Waals surface area contributed by atoms with E-state index in [1.807, 2.05) is 5.38 Å². The fourth-order valence-corrected chi connectivity index (χ4v) is 2.61. The van der Waals surface area contributed by atoms with Crippen molar-refractivity contribution in [1.82, 2.24) is 9.97 Å². The van der Waals surface area contributed by atoms with Crippen molar-refractivity contribution < 1.29 is 4.79 Å². The van der Waals surface area contributed by atoms with Crippen molar-refractivity contribution in [3.05, 3.63) is 38.9 Å². The first-order valence-electron chi connectivity index (χ1n) is 6.11. The molecule has 0 atom stereocenters. The number of aromatic nitrogens is 2. The normalized spacial score (nSPS) is 10.8. The summed E-state index contributed by atoms with van der Waals surface area (Å²) in [5.41, 5.74) is 6.39. The predicted octanol–water partition coefficient (Wildman–Crippen LogP) is 3.03. The highest BCUT2D eigenvalue weighted by Gasteiger charge is 2.09. The van der Waals surface area contributed by atoms with Crippen molar-refractivity contribution in [3.8, 4) is 0 Å². The van der Waals surface area contributed by atoms with E-state index >= 15 is 0 Å². The van der Waals surface area contributed by atoms with Gasteiger partial charge in [-0.25, -0.2) is 9.97 Å². The number of halogens is 1. The summed E-state index contributed by atoms with van der Waals surface area (Å²) in [4.78, 5) is 19.6. The van der Waals surface area contributed by atoms with Gasteiger partial charge in [-0.1, -0.05) is 25.4 Å². The van der Waals surface area contributed by atoms with Gasteiger partial charge in [0.25, 0.3) is 0 Å². The lowest BCUT2D eigenvalue weighted by Crippen LogP contribution is -2.12. The number of hydrogen-bond acceptors (Lipinski definition) is 5. The monoisotopic (exact) mass is 310 g/mol. The molecule has 0 fully saturated rings. The molecule has 20 heavy (non-hydrogen) atoms. The average molecular weight is 311 g/mol. The molecule has 2 rings (SSSR count). The van der Waals surface area contributed by atoms with Crippen LogP contribution < -0.4 is 11.1 Å². The van der Waals surface area contributed by atoms with Crippen molar-refractivity contribution >= 4 is 34.7 Å². The molecule has 7 heteroatoms. The minimum Gasteiger partial charge on any atom is -0.366 e. The smallest absolute Gasteiger partial charge is 0.250 e. The van der Waals surface area contributed by atoms with Gasteiger partial charge in [-0.2, -0.15) is 0 Å². The van der Waals surface area contributed by atoms with E-state index in [4.69, 9.17) is 17.3 Å². The van der Waals surface area contributed by atoms with Gasteiger partial charge in [-0.3, -0.25) is 4.79 Å². The summed E-state index contributed by atoms with van der Waals surface area (Å²) >= 11 is 7.68. The zero-order chi connectivity index (χ0) is 14.7. The first-order chi connectivity index (χ1) is 9.47. The highest BCUT2D eigenvalue weighted by Crippen LogP contribution is 2.22. The van der Waals surface area contributed by atoms with Gasteiger partial charge in [0.05, 0.1) is 27.8 Å². The lowest BCUT2D eigenvalue weighted by molar-refractivity contribution is 0.1000. The van der Waals surface area contributed by atoms with Crippen molar-refractivity contribution in [2.75, 3.05) is 5.32 Å². The number of primary amides is 1. The largest absolute Gasteiger partial charge is 0.366 e. The van der Waals surface area contributed by atoms with Crippen LogP contribution in [0, 0.1) is 0 Å². The van der Waals surface area contributed by atoms with E-state index in [1.165, 1.54) is 12.3 Å². The van der Waals surface area contributed by atoms with Gasteiger partial charge in [0.15, 0.2) is 0 Å². The maximum atomic E-state index is 11.0. The third-order valence-electron chi connectivity index (χ3n) is 2.63. The van der Waals surface area contributed by atoms with Crippen LogP contribution in [0.1, 0.15) is 40.8 Å². The molecule has 1 amide bonds. The van der Waals surface area contributed by atoms with Crippen LogP contribution in [0.25, 0.3) is 0 Å². The number of thiazole rings is 1. The van der Waals surface area contributed by atoms with Crippen LogP contribution in [-0.2, 0) is 6.54 Å². The Bertz CT molecular complexity index is 627. The molecule has 106 valence electrons. The second-order valence-electron chi connectivity index (χ2n) is 4.60. The number of carbonyl (C=O) groups is 1. The third kappa shape index (κ3) is 3.46. The third-order valence-corrected chi connectivity index (χ3v) is 4.11. The molecule has 0 aliphatic rings. The summed E-state index contributed by atoms with van der Waals surface area (Å²) in [7, 11) is 0. The van der Waals surface area contributed by atoms with Gasteiger partial charge in [0.2, 0.25) is 5.91 Å². The van der Waals surface area contributed by atoms with Gasteiger partial charge < -0.3 is 11.1 Å². The Labute approximate surface area is 126 Å². The fraction of sp³-hybridized carbons (Fsp3) is 0.308. The molecule has 0 aliphatic carbocycles. The standard InChI is InChI=1S/C13H15ClN4OS/c1-7(2)13-18-9(6-20-13)5-17-12-10(14)3-8(4-16-12)11(15)19/h3-4,6-7H,5H2,1-2H3,(H2,15,19)(H,16,17). The number of pyridine rings is 1. The van der Waals surface area contributed by atoms with Crippen molar-refractivity contribution in [3.63, 3.8) is 0 Å². The number of rotatable bonds is 5. The number of anilines is 1. The Balaban J connectivity index is 2.05. The average Bonchev–Trinajstić information content (AvgIpc) is 2.86. The van der Waals surface area contributed by atoms with Gasteiger partial charge >= 0.3 is 0 Å². The van der Waals surface area contributed by atoms with E-state index in [9.17, 15) is 4.79 Å². The zero-order valence-corrected chi connectivity index (χ0v) is 12.8. The zero-order valence-electron chi connectivity index (χ0n) is 11.2. The van der Waals surface area contributed by atoms with Crippen LogP contribution in [-0.4, -0.2) is 15.9 Å². The van der Waals surface area contributed by atoms with Gasteiger partial charge in [0.1, 0.15) is 5.82 Å². The molecule has 3 N–H and O–H groups in total. The molecule has 0 unspecified atom stereocenters. The topological polar surface area (TPSA) is 80.9 Å². The maximum Gasteiger partial charge on any atom is 0.250 e. The van der Waals surface area contributed by atoms with Crippen molar-refractivity contribution in [2.45, 2.75) is 26.3 Å². The molecule has 0 aliphatic heterocycles. The number of amides is 1. The summed E-state index contributed by atoms with van der Waals surface area (Å²) in [6.07, 6.45) is 1.40. The summed E-state index contributed by atoms with van der Waals surface area (Å²) in [5.74, 6) is 0.383. The Kier molecular flexibility index (Phi) is 4.57. The molecule has 0 saturated carbocycles. The highest BCUT2D eigenvalue weighted by atomic mass is 35.5. The van der Waals surface area contributed by atoms with Crippen LogP contribution in [0.4, 0.5) is 5.82 Å². The Morgan fingerprint density at radius 3 is 2.85 bits per heavy atom. The number of carbonyl (C=O) groups excluding carboxylic acids is 1. The van der Waals surface area contributed by atoms with E-state index in [0.29, 0.717) is 23.3 Å². The Morgan fingerprint density at radius 1 is 1.55 bits per heavy atom. The molecule has 0 bridgehead atoms. The highest BCUT2D eigenvalue weighted by molar-refractivity contribution is 7.09. The lowest BCUT2D eigenvalue weighted by Gasteiger charge is -2.06. The summed E-state index contributed by atoms with van der Waals surface area (Å²) in [5, 5.41) is 6.57. The summed E-state index contributed by atoms with van der Waals surface area (Å²) in [6, 6.07) is 1.50. The molecular weight excluding hydrogens is 296 g/mol. The predicted molar refractivity (Wildman–Crippen MR) is 81.3 cm³/mol. The quantitative estimate of drug-likeness (QED) is 0.889. The fourth-order valence-electron chi connectivity index (χ4n) is 1.55. The molecule has 0 radical (unpaired) electrons. The van der Waals surface area contributed by atoms with Gasteiger partial charge in [0, 0.05) is 17.5 Å². The SMILES string of the molecule is CC(C)c1nc(CNc2ncc(C(N)=O)cc2Cl)cs1. The van der Waals surface area contributed by atoms with Crippen LogP contribution in [0.2, 0.25) is 5.02 Å². The number of nitrogens with zero attached hydrogens (tertiary/aromatic N) is 2. The number of nitrogens with one attached hydrogen (secondary N) is 1. The van der Waals surface area contributed by atoms with Crippen LogP contribution in [0.15, 0.2) is 17.6 Å². The lowest BCUT2D eigenvalue weighted by atomic mass is 10.2. The minimum atomic E-state index is -0.549. The van der Waals surface area contributed by atoms with E-state index in [0.717, 1.165) is 10.7 Å². The summed E-state index contributed by atoms with van der Waals surface area (Å²) < 4.78 is 0. The maximum absolute atomic E-state index is 11.0. The van der Waals surface area contributed by atoms with Crippen LogP contribution in [0.5, 0.6) is 0 Å². The Morgan fingerprint density at radius 2 is 2.30 bits per heavy atom. The molecule has 0 aromatic carbocycles. The van der Waals surface area contributed by atoms with E-state index in [1.54, 1.807) is 11.3 Å². The first-order valence-corrected chi connectivity index (χ1v) is 7.36. The van der Waals surface area contributed by atoms with E-state index < -0.39 is 5.91 Å². The Hall–Kier alpha value is -1.66. The molecule has 2 heterocycles. The van der Waals surface area contributed by atoms with E-state index in [-0.39, 0.29) is 5.56 Å². The number of nitrogens with two attached hydrogens (primary N) is 1. The second-order valence-corrected chi connectivity index (χ2v) is 5.90. The summed E-state index contributed by atoms with van der Waals surface area (Å²) in [6.45, 7) is 4.75. The molecule has 2 aromatic heterocycles. The first kappa shape index (κ1) is 14.7. The molecular formula is C13H15ClN4OS. The van der Waals surface area contributed by atoms with Gasteiger partial charge in [-0.15, -0.1) is 11.3 Å². The molecule has 2 aromatic rings. The van der Waals surface area contributed by atoms with E-state index in [2.05, 4.69) is 29.1 Å². The van der Waals surface area contributed by atoms with Gasteiger partial charge in [-0.05, 0) is 6.07 Å². The van der Waals surface area contributed by atoms with Crippen molar-refractivity contribution in [2.24, 2.45) is 5.73 Å². The van der Waals surface area contributed by atoms with Crippen LogP contribution >= 0.6 is 22.9 Å². The number of hydrogen-bond donors (Lipinski definition) is 2. The molecule has 5 nitrogen and oxygen atoms in total. The van der Waals surface area contributed by atoms with Crippen molar-refractivity contribution in [1.29, 1.82) is 0 Å². The second kappa shape index (κ2) is 6.19. The molecule has 0 saturated heterocycles.